The molecule has 1 fully saturated rings. The predicted molar refractivity (Wildman–Crippen MR) is 110 cm³/mol. The van der Waals surface area contributed by atoms with Crippen LogP contribution in [0.1, 0.15) is 58.4 Å². The Kier molecular flexibility index (Phi) is 8.80. The number of nitrogens with zero attached hydrogens (tertiary/aromatic N) is 2. The van der Waals surface area contributed by atoms with Crippen LogP contribution in [-0.2, 0) is 6.54 Å². The second-order valence-electron chi connectivity index (χ2n) is 7.18. The first-order chi connectivity index (χ1) is 11.0. The van der Waals surface area contributed by atoms with Gasteiger partial charge in [-0.2, -0.15) is 0 Å². The quantitative estimate of drug-likeness (QED) is 0.419. The molecular formula is C18H31IN4O. The second kappa shape index (κ2) is 10.1. The fraction of sp³-hybridized carbons (Fsp3) is 0.667. The molecule has 0 bridgehead atoms. The number of guanidine groups is 1. The van der Waals surface area contributed by atoms with Crippen LogP contribution in [0.15, 0.2) is 23.3 Å². The summed E-state index contributed by atoms with van der Waals surface area (Å²) in [5.41, 5.74) is 1.09. The van der Waals surface area contributed by atoms with Crippen molar-refractivity contribution in [2.75, 3.05) is 7.05 Å². The maximum atomic E-state index is 5.96. The Morgan fingerprint density at radius 1 is 1.25 bits per heavy atom. The first-order valence-corrected chi connectivity index (χ1v) is 8.57. The van der Waals surface area contributed by atoms with E-state index < -0.39 is 0 Å². The molecule has 24 heavy (non-hydrogen) atoms. The van der Waals surface area contributed by atoms with E-state index in [-0.39, 0.29) is 29.5 Å². The number of hydrogen-bond acceptors (Lipinski definition) is 3. The van der Waals surface area contributed by atoms with E-state index in [0.29, 0.717) is 12.6 Å². The molecule has 2 rings (SSSR count). The van der Waals surface area contributed by atoms with Gasteiger partial charge in [-0.05, 0) is 52.0 Å². The summed E-state index contributed by atoms with van der Waals surface area (Å²) in [6.45, 7) is 7.02. The number of rotatable bonds is 4. The van der Waals surface area contributed by atoms with Gasteiger partial charge in [0.1, 0.15) is 6.10 Å². The van der Waals surface area contributed by atoms with Crippen molar-refractivity contribution in [3.63, 3.8) is 0 Å². The fourth-order valence-corrected chi connectivity index (χ4v) is 2.66. The summed E-state index contributed by atoms with van der Waals surface area (Å²) in [6.07, 6.45) is 8.39. The van der Waals surface area contributed by atoms with Crippen molar-refractivity contribution in [2.24, 2.45) is 4.99 Å². The highest BCUT2D eigenvalue weighted by molar-refractivity contribution is 14.0. The Balaban J connectivity index is 0.00000288. The number of nitrogens with one attached hydrogen (secondary N) is 2. The minimum Gasteiger partial charge on any atom is -0.474 e. The Labute approximate surface area is 163 Å². The van der Waals surface area contributed by atoms with E-state index in [1.165, 1.54) is 19.3 Å². The zero-order valence-electron chi connectivity index (χ0n) is 15.3. The highest BCUT2D eigenvalue weighted by Gasteiger charge is 2.15. The van der Waals surface area contributed by atoms with E-state index in [9.17, 15) is 0 Å². The van der Waals surface area contributed by atoms with Gasteiger partial charge < -0.3 is 15.4 Å². The number of pyridine rings is 1. The molecule has 1 aromatic heterocycles. The number of aromatic nitrogens is 1. The molecule has 5 nitrogen and oxygen atoms in total. The Bertz CT molecular complexity index is 505. The second-order valence-corrected chi connectivity index (χ2v) is 7.18. The van der Waals surface area contributed by atoms with Gasteiger partial charge in [-0.15, -0.1) is 24.0 Å². The molecule has 6 heteroatoms. The van der Waals surface area contributed by atoms with Gasteiger partial charge in [0.15, 0.2) is 5.96 Å². The van der Waals surface area contributed by atoms with Gasteiger partial charge in [0.2, 0.25) is 5.88 Å². The average Bonchev–Trinajstić information content (AvgIpc) is 2.53. The van der Waals surface area contributed by atoms with Gasteiger partial charge in [0.25, 0.3) is 0 Å². The fourth-order valence-electron chi connectivity index (χ4n) is 2.66. The van der Waals surface area contributed by atoms with Crippen LogP contribution in [-0.4, -0.2) is 29.6 Å². The normalized spacial score (nSPS) is 16.2. The number of aliphatic imine (C=N–C) groups is 1. The molecule has 2 N–H and O–H groups in total. The molecule has 1 aliphatic rings. The third kappa shape index (κ3) is 7.68. The summed E-state index contributed by atoms with van der Waals surface area (Å²) in [5.74, 6) is 1.53. The van der Waals surface area contributed by atoms with E-state index in [0.717, 1.165) is 30.2 Å². The monoisotopic (exact) mass is 446 g/mol. The summed E-state index contributed by atoms with van der Waals surface area (Å²) in [6, 6.07) is 4.02. The molecule has 0 radical (unpaired) electrons. The van der Waals surface area contributed by atoms with Crippen LogP contribution in [0.3, 0.4) is 0 Å². The topological polar surface area (TPSA) is 58.5 Å². The van der Waals surface area contributed by atoms with Crippen molar-refractivity contribution in [1.82, 2.24) is 15.6 Å². The minimum atomic E-state index is -0.0161. The van der Waals surface area contributed by atoms with Crippen molar-refractivity contribution >= 4 is 29.9 Å². The molecule has 136 valence electrons. The summed E-state index contributed by atoms with van der Waals surface area (Å²) < 4.78 is 5.96. The molecule has 1 aromatic rings. The van der Waals surface area contributed by atoms with E-state index in [1.54, 1.807) is 7.05 Å². The van der Waals surface area contributed by atoms with Crippen LogP contribution < -0.4 is 15.4 Å². The van der Waals surface area contributed by atoms with Crippen LogP contribution in [0.5, 0.6) is 5.88 Å². The third-order valence-electron chi connectivity index (χ3n) is 3.81. The maximum Gasteiger partial charge on any atom is 0.213 e. The molecule has 0 aliphatic heterocycles. The van der Waals surface area contributed by atoms with Crippen molar-refractivity contribution in [3.8, 4) is 5.88 Å². The molecule has 0 unspecified atom stereocenters. The van der Waals surface area contributed by atoms with Crippen LogP contribution in [0.25, 0.3) is 0 Å². The number of hydrogen-bond donors (Lipinski definition) is 2. The van der Waals surface area contributed by atoms with Gasteiger partial charge in [-0.3, -0.25) is 4.99 Å². The van der Waals surface area contributed by atoms with Gasteiger partial charge in [-0.25, -0.2) is 4.98 Å². The highest BCUT2D eigenvalue weighted by atomic mass is 127. The highest BCUT2D eigenvalue weighted by Crippen LogP contribution is 2.22. The van der Waals surface area contributed by atoms with E-state index in [2.05, 4.69) is 47.4 Å². The molecule has 0 saturated heterocycles. The van der Waals surface area contributed by atoms with Crippen molar-refractivity contribution < 1.29 is 4.74 Å². The average molecular weight is 446 g/mol. The molecule has 0 atom stereocenters. The van der Waals surface area contributed by atoms with Crippen molar-refractivity contribution in [3.05, 3.63) is 23.9 Å². The molecule has 0 spiro atoms. The Morgan fingerprint density at radius 3 is 2.50 bits per heavy atom. The predicted octanol–water partition coefficient (Wildman–Crippen LogP) is 3.87. The summed E-state index contributed by atoms with van der Waals surface area (Å²) in [4.78, 5) is 8.66. The van der Waals surface area contributed by atoms with Gasteiger partial charge in [0.05, 0.1) is 0 Å². The maximum absolute atomic E-state index is 5.96. The minimum absolute atomic E-state index is 0. The van der Waals surface area contributed by atoms with E-state index in [4.69, 9.17) is 4.74 Å². The van der Waals surface area contributed by atoms with Gasteiger partial charge >= 0.3 is 0 Å². The van der Waals surface area contributed by atoms with Gasteiger partial charge in [-0.1, -0.05) is 12.5 Å². The lowest BCUT2D eigenvalue weighted by molar-refractivity contribution is 0.148. The lowest BCUT2D eigenvalue weighted by atomic mass is 9.98. The third-order valence-corrected chi connectivity index (χ3v) is 3.81. The molecule has 0 aromatic carbocycles. The first-order valence-electron chi connectivity index (χ1n) is 8.57. The number of halogens is 1. The lowest BCUT2D eigenvalue weighted by Crippen LogP contribution is -2.47. The summed E-state index contributed by atoms with van der Waals surface area (Å²) in [5, 5.41) is 6.64. The molecular weight excluding hydrogens is 415 g/mol. The molecule has 0 amide bonds. The van der Waals surface area contributed by atoms with Crippen LogP contribution in [0, 0.1) is 0 Å². The van der Waals surface area contributed by atoms with Crippen LogP contribution >= 0.6 is 24.0 Å². The molecule has 1 heterocycles. The Morgan fingerprint density at radius 2 is 1.96 bits per heavy atom. The summed E-state index contributed by atoms with van der Waals surface area (Å²) in [7, 11) is 1.78. The van der Waals surface area contributed by atoms with Crippen molar-refractivity contribution in [2.45, 2.75) is 71.1 Å². The molecule has 1 saturated carbocycles. The number of ether oxygens (including phenoxy) is 1. The largest absolute Gasteiger partial charge is 0.474 e. The zero-order chi connectivity index (χ0) is 16.7. The van der Waals surface area contributed by atoms with Crippen molar-refractivity contribution in [1.29, 1.82) is 0 Å². The first kappa shape index (κ1) is 21.0. The van der Waals surface area contributed by atoms with Gasteiger partial charge in [0, 0.05) is 31.4 Å². The zero-order valence-corrected chi connectivity index (χ0v) is 17.6. The summed E-state index contributed by atoms with van der Waals surface area (Å²) >= 11 is 0. The van der Waals surface area contributed by atoms with E-state index in [1.807, 2.05) is 12.3 Å². The Hall–Kier alpha value is -1.05. The smallest absolute Gasteiger partial charge is 0.213 e. The molecule has 1 aliphatic carbocycles. The SMILES string of the molecule is CN=C(NCc1ccc(OC2CCCCC2)nc1)NC(C)(C)C.I. The standard InChI is InChI=1S/C18H30N4O.HI/c1-18(2,3)22-17(19-4)21-13-14-10-11-16(20-12-14)23-15-8-6-5-7-9-15;/h10-12,15H,5-9,13H2,1-4H3,(H2,19,21,22);1H. The van der Waals surface area contributed by atoms with Crippen LogP contribution in [0.4, 0.5) is 0 Å². The lowest BCUT2D eigenvalue weighted by Gasteiger charge is -2.24. The van der Waals surface area contributed by atoms with E-state index >= 15 is 0 Å². The van der Waals surface area contributed by atoms with Crippen LogP contribution in [0.2, 0.25) is 0 Å².